The molecule has 0 bridgehead atoms. The highest BCUT2D eigenvalue weighted by Crippen LogP contribution is 2.10. The molecule has 11 heteroatoms. The third kappa shape index (κ3) is 6.60. The van der Waals surface area contributed by atoms with Gasteiger partial charge in [-0.15, -0.1) is 0 Å². The molecule has 2 aromatic rings. The van der Waals surface area contributed by atoms with Crippen LogP contribution in [-0.2, 0) is 26.7 Å². The van der Waals surface area contributed by atoms with Gasteiger partial charge in [0.1, 0.15) is 0 Å². The van der Waals surface area contributed by atoms with Gasteiger partial charge < -0.3 is 10.2 Å². The number of primary sulfonamides is 2. The molecule has 0 fully saturated rings. The Bertz CT molecular complexity index is 970. The second-order valence-electron chi connectivity index (χ2n) is 4.73. The van der Waals surface area contributed by atoms with Gasteiger partial charge in [0.15, 0.2) is 0 Å². The van der Waals surface area contributed by atoms with Gasteiger partial charge in [-0.05, 0) is 35.9 Å². The molecule has 136 valence electrons. The van der Waals surface area contributed by atoms with Gasteiger partial charge >= 0.3 is 5.97 Å². The number of sulfonamides is 2. The molecule has 6 N–H and O–H groups in total. The number of hydrogen-bond donors (Lipinski definition) is 4. The van der Waals surface area contributed by atoms with Crippen molar-refractivity contribution in [2.75, 3.05) is 0 Å². The smallest absolute Gasteiger partial charge is 0.335 e. The van der Waals surface area contributed by atoms with Crippen LogP contribution in [0.3, 0.4) is 0 Å². The number of benzene rings is 2. The molecule has 0 spiro atoms. The van der Waals surface area contributed by atoms with Crippen LogP contribution in [0.25, 0.3) is 0 Å². The van der Waals surface area contributed by atoms with Crippen LogP contribution < -0.4 is 10.3 Å². The Labute approximate surface area is 144 Å². The molecule has 2 aromatic carbocycles. The number of aromatic carboxylic acids is 1. The monoisotopic (exact) mass is 388 g/mol. The molecule has 0 aliphatic rings. The Morgan fingerprint density at radius 3 is 1.80 bits per heavy atom. The molecule has 2 rings (SSSR count). The third-order valence-electron chi connectivity index (χ3n) is 2.82. The predicted octanol–water partition coefficient (Wildman–Crippen LogP) is -0.141. The fourth-order valence-corrected chi connectivity index (χ4v) is 2.77. The summed E-state index contributed by atoms with van der Waals surface area (Å²) in [5.41, 5.74) is 0.424. The lowest BCUT2D eigenvalue weighted by atomic mass is 10.2. The van der Waals surface area contributed by atoms with Crippen molar-refractivity contribution in [1.29, 1.82) is 0 Å². The Morgan fingerprint density at radius 1 is 0.880 bits per heavy atom. The summed E-state index contributed by atoms with van der Waals surface area (Å²) >= 11 is 0. The van der Waals surface area contributed by atoms with Crippen molar-refractivity contribution in [3.63, 3.8) is 0 Å². The molecule has 25 heavy (non-hydrogen) atoms. The SMILES string of the molecule is NS(=O)(=O)c1cccc(C(=O)O)c1.NS(=O)(=O)c1cccc(CO)c1. The summed E-state index contributed by atoms with van der Waals surface area (Å²) in [6, 6.07) is 10.7. The highest BCUT2D eigenvalue weighted by molar-refractivity contribution is 7.89. The van der Waals surface area contributed by atoms with E-state index in [2.05, 4.69) is 0 Å². The number of nitrogens with two attached hydrogens (primary N) is 2. The summed E-state index contributed by atoms with van der Waals surface area (Å²) in [4.78, 5) is 10.3. The molecule has 0 aliphatic heterocycles. The maximum Gasteiger partial charge on any atom is 0.335 e. The maximum atomic E-state index is 10.8. The van der Waals surface area contributed by atoms with Gasteiger partial charge in [-0.3, -0.25) is 0 Å². The van der Waals surface area contributed by atoms with Crippen LogP contribution in [-0.4, -0.2) is 33.0 Å². The van der Waals surface area contributed by atoms with E-state index in [0.717, 1.165) is 6.07 Å². The number of aliphatic hydroxyl groups excluding tert-OH is 1. The molecule has 0 atom stereocenters. The second kappa shape index (κ2) is 8.18. The third-order valence-corrected chi connectivity index (χ3v) is 4.64. The fourth-order valence-electron chi connectivity index (χ4n) is 1.63. The van der Waals surface area contributed by atoms with Crippen LogP contribution in [0.4, 0.5) is 0 Å². The number of carboxylic acids is 1. The first kappa shape index (κ1) is 20.7. The molecule has 0 aromatic heterocycles. The van der Waals surface area contributed by atoms with Crippen molar-refractivity contribution in [1.82, 2.24) is 0 Å². The Kier molecular flexibility index (Phi) is 6.78. The zero-order valence-corrected chi connectivity index (χ0v) is 14.4. The van der Waals surface area contributed by atoms with Crippen molar-refractivity contribution >= 4 is 26.0 Å². The van der Waals surface area contributed by atoms with Gasteiger partial charge in [0.25, 0.3) is 0 Å². The Morgan fingerprint density at radius 2 is 1.36 bits per heavy atom. The molecular weight excluding hydrogens is 372 g/mol. The van der Waals surface area contributed by atoms with Crippen LogP contribution in [0.15, 0.2) is 58.3 Å². The van der Waals surface area contributed by atoms with Crippen LogP contribution in [0.5, 0.6) is 0 Å². The molecule has 0 heterocycles. The van der Waals surface area contributed by atoms with E-state index in [1.54, 1.807) is 6.07 Å². The number of hydrogen-bond acceptors (Lipinski definition) is 6. The van der Waals surface area contributed by atoms with E-state index in [4.69, 9.17) is 20.5 Å². The summed E-state index contributed by atoms with van der Waals surface area (Å²) in [5, 5.41) is 26.9. The van der Waals surface area contributed by atoms with E-state index in [1.807, 2.05) is 0 Å². The van der Waals surface area contributed by atoms with Crippen molar-refractivity contribution in [2.45, 2.75) is 16.4 Å². The first-order chi connectivity index (χ1) is 11.4. The lowest BCUT2D eigenvalue weighted by molar-refractivity contribution is 0.0696. The van der Waals surface area contributed by atoms with Crippen LogP contribution >= 0.6 is 0 Å². The number of rotatable bonds is 4. The van der Waals surface area contributed by atoms with Crippen LogP contribution in [0.1, 0.15) is 15.9 Å². The minimum Gasteiger partial charge on any atom is -0.478 e. The van der Waals surface area contributed by atoms with Gasteiger partial charge in [0, 0.05) is 0 Å². The summed E-state index contributed by atoms with van der Waals surface area (Å²) < 4.78 is 43.2. The lowest BCUT2D eigenvalue weighted by Gasteiger charge is -1.99. The first-order valence-electron chi connectivity index (χ1n) is 6.54. The summed E-state index contributed by atoms with van der Waals surface area (Å²) in [7, 11) is -7.47. The number of carbonyl (C=O) groups is 1. The van der Waals surface area contributed by atoms with E-state index < -0.39 is 26.0 Å². The molecule has 0 amide bonds. The highest BCUT2D eigenvalue weighted by Gasteiger charge is 2.10. The fraction of sp³-hybridized carbons (Fsp3) is 0.0714. The van der Waals surface area contributed by atoms with E-state index in [-0.39, 0.29) is 22.0 Å². The molecular formula is C14H16N2O7S2. The zero-order chi connectivity index (χ0) is 19.3. The molecule has 0 radical (unpaired) electrons. The Hall–Kier alpha value is -2.31. The van der Waals surface area contributed by atoms with Crippen molar-refractivity contribution in [3.05, 3.63) is 59.7 Å². The topological polar surface area (TPSA) is 178 Å². The van der Waals surface area contributed by atoms with Crippen molar-refractivity contribution < 1.29 is 31.8 Å². The normalized spacial score (nSPS) is 11.3. The maximum absolute atomic E-state index is 10.8. The second-order valence-corrected chi connectivity index (χ2v) is 7.85. The van der Waals surface area contributed by atoms with E-state index in [0.29, 0.717) is 5.56 Å². The van der Waals surface area contributed by atoms with Gasteiger partial charge in [-0.2, -0.15) is 0 Å². The Balaban J connectivity index is 0.000000251. The lowest BCUT2D eigenvalue weighted by Crippen LogP contribution is -2.12. The first-order valence-corrected chi connectivity index (χ1v) is 9.63. The average Bonchev–Trinajstić information content (AvgIpc) is 2.54. The molecule has 0 unspecified atom stereocenters. The van der Waals surface area contributed by atoms with E-state index >= 15 is 0 Å². The predicted molar refractivity (Wildman–Crippen MR) is 88.5 cm³/mol. The largest absolute Gasteiger partial charge is 0.478 e. The van der Waals surface area contributed by atoms with Crippen molar-refractivity contribution in [3.8, 4) is 0 Å². The van der Waals surface area contributed by atoms with E-state index in [9.17, 15) is 21.6 Å². The summed E-state index contributed by atoms with van der Waals surface area (Å²) in [6.45, 7) is -0.191. The van der Waals surface area contributed by atoms with E-state index in [1.165, 1.54) is 36.4 Å². The minimum atomic E-state index is -3.82. The minimum absolute atomic E-state index is 0.0223. The van der Waals surface area contributed by atoms with Gasteiger partial charge in [-0.1, -0.05) is 18.2 Å². The molecule has 0 aliphatic carbocycles. The summed E-state index contributed by atoms with van der Waals surface area (Å²) in [5.74, 6) is -1.19. The number of aliphatic hydroxyl groups is 1. The molecule has 0 saturated carbocycles. The van der Waals surface area contributed by atoms with Crippen LogP contribution in [0.2, 0.25) is 0 Å². The quantitative estimate of drug-likeness (QED) is 0.562. The van der Waals surface area contributed by atoms with Gasteiger partial charge in [0.2, 0.25) is 20.0 Å². The summed E-state index contributed by atoms with van der Waals surface area (Å²) in [6.07, 6.45) is 0. The van der Waals surface area contributed by atoms with Gasteiger partial charge in [0.05, 0.1) is 22.0 Å². The molecule has 0 saturated heterocycles. The number of carboxylic acid groups (broad SMARTS) is 1. The standard InChI is InChI=1S/C7H7NO4S.C7H9NO3S/c8-13(11,12)6-3-1-2-5(4-6)7(9)10;8-12(10,11)7-3-1-2-6(4-7)5-9/h1-4H,(H,9,10)(H2,8,11,12);1-4,9H,5H2,(H2,8,10,11). The average molecular weight is 388 g/mol. The van der Waals surface area contributed by atoms with Crippen LogP contribution in [0, 0.1) is 0 Å². The zero-order valence-electron chi connectivity index (χ0n) is 12.7. The van der Waals surface area contributed by atoms with Gasteiger partial charge in [-0.25, -0.2) is 31.9 Å². The highest BCUT2D eigenvalue weighted by atomic mass is 32.2. The molecule has 9 nitrogen and oxygen atoms in total. The van der Waals surface area contributed by atoms with Crippen molar-refractivity contribution in [2.24, 2.45) is 10.3 Å².